The number of nitrogens with one attached hydrogen (secondary N) is 2. The van der Waals surface area contributed by atoms with Crippen LogP contribution in [0.15, 0.2) is 48.5 Å². The van der Waals surface area contributed by atoms with Crippen LogP contribution in [0.4, 0.5) is 5.69 Å². The maximum absolute atomic E-state index is 12.4. The van der Waals surface area contributed by atoms with Gasteiger partial charge in [0, 0.05) is 24.2 Å². The van der Waals surface area contributed by atoms with Gasteiger partial charge in [-0.15, -0.1) is 0 Å². The monoisotopic (exact) mass is 441 g/mol. The number of amides is 2. The standard InChI is InChI=1S/C25H35N3O4/c1-5-19(20-11-9-8-10-12-20)16-26-24(29)17-28(4)18-25(30)27-21-13-14-22(31-6-2)23(15-21)32-7-3/h8-15,19H,5-7,16-18H2,1-4H3,(H,26,29)(H,27,30). The van der Waals surface area contributed by atoms with Crippen molar-refractivity contribution in [1.82, 2.24) is 10.2 Å². The maximum Gasteiger partial charge on any atom is 0.238 e. The molecule has 0 spiro atoms. The van der Waals surface area contributed by atoms with Crippen molar-refractivity contribution in [2.45, 2.75) is 33.1 Å². The van der Waals surface area contributed by atoms with E-state index < -0.39 is 0 Å². The van der Waals surface area contributed by atoms with E-state index in [1.807, 2.05) is 32.0 Å². The molecule has 0 aromatic heterocycles. The molecular formula is C25H35N3O4. The predicted molar refractivity (Wildman–Crippen MR) is 127 cm³/mol. The molecule has 0 bridgehead atoms. The van der Waals surface area contributed by atoms with Crippen LogP contribution in [0.2, 0.25) is 0 Å². The van der Waals surface area contributed by atoms with Gasteiger partial charge in [-0.25, -0.2) is 0 Å². The van der Waals surface area contributed by atoms with Crippen molar-refractivity contribution in [2.24, 2.45) is 0 Å². The highest BCUT2D eigenvalue weighted by molar-refractivity contribution is 5.93. The van der Waals surface area contributed by atoms with E-state index in [2.05, 4.69) is 29.7 Å². The minimum Gasteiger partial charge on any atom is -0.490 e. The van der Waals surface area contributed by atoms with Crippen LogP contribution in [0.5, 0.6) is 11.5 Å². The Morgan fingerprint density at radius 1 is 0.906 bits per heavy atom. The topological polar surface area (TPSA) is 79.9 Å². The number of benzene rings is 2. The zero-order valence-corrected chi connectivity index (χ0v) is 19.5. The second kappa shape index (κ2) is 13.4. The Morgan fingerprint density at radius 2 is 1.56 bits per heavy atom. The van der Waals surface area contributed by atoms with Gasteiger partial charge in [0.05, 0.1) is 26.3 Å². The van der Waals surface area contributed by atoms with Crippen molar-refractivity contribution in [2.75, 3.05) is 45.2 Å². The molecule has 2 N–H and O–H groups in total. The first-order valence-electron chi connectivity index (χ1n) is 11.2. The summed E-state index contributed by atoms with van der Waals surface area (Å²) in [6.07, 6.45) is 0.939. The molecule has 0 aliphatic rings. The van der Waals surface area contributed by atoms with Crippen LogP contribution in [0.3, 0.4) is 0 Å². The summed E-state index contributed by atoms with van der Waals surface area (Å²) >= 11 is 0. The molecule has 7 heteroatoms. The Bertz CT molecular complexity index is 858. The molecule has 0 fully saturated rings. The highest BCUT2D eigenvalue weighted by Crippen LogP contribution is 2.30. The minimum atomic E-state index is -0.206. The number of carbonyl (C=O) groups is 2. The zero-order chi connectivity index (χ0) is 23.3. The van der Waals surface area contributed by atoms with E-state index in [1.54, 1.807) is 30.1 Å². The molecule has 0 aliphatic carbocycles. The number of carbonyl (C=O) groups excluding carboxylic acids is 2. The number of rotatable bonds is 13. The number of nitrogens with zero attached hydrogens (tertiary/aromatic N) is 1. The number of anilines is 1. The first-order chi connectivity index (χ1) is 15.5. The van der Waals surface area contributed by atoms with Gasteiger partial charge >= 0.3 is 0 Å². The first-order valence-corrected chi connectivity index (χ1v) is 11.2. The highest BCUT2D eigenvalue weighted by atomic mass is 16.5. The first kappa shape index (κ1) is 25.2. The van der Waals surface area contributed by atoms with Crippen LogP contribution in [0.1, 0.15) is 38.7 Å². The van der Waals surface area contributed by atoms with E-state index >= 15 is 0 Å². The molecule has 0 radical (unpaired) electrons. The molecule has 174 valence electrons. The van der Waals surface area contributed by atoms with Gasteiger partial charge in [0.1, 0.15) is 0 Å². The molecule has 0 saturated heterocycles. The lowest BCUT2D eigenvalue weighted by Gasteiger charge is -2.19. The van der Waals surface area contributed by atoms with Crippen molar-refractivity contribution in [3.63, 3.8) is 0 Å². The summed E-state index contributed by atoms with van der Waals surface area (Å²) < 4.78 is 11.1. The summed E-state index contributed by atoms with van der Waals surface area (Å²) in [6.45, 7) is 7.75. The second-order valence-corrected chi connectivity index (χ2v) is 7.57. The van der Waals surface area contributed by atoms with Crippen molar-refractivity contribution in [3.8, 4) is 11.5 Å². The summed E-state index contributed by atoms with van der Waals surface area (Å²) in [5, 5.41) is 5.83. The predicted octanol–water partition coefficient (Wildman–Crippen LogP) is 3.66. The quantitative estimate of drug-likeness (QED) is 0.496. The van der Waals surface area contributed by atoms with Crippen molar-refractivity contribution in [1.29, 1.82) is 0 Å². The Morgan fingerprint density at radius 3 is 2.22 bits per heavy atom. The van der Waals surface area contributed by atoms with E-state index in [4.69, 9.17) is 9.47 Å². The SMILES string of the molecule is CCOc1ccc(NC(=O)CN(C)CC(=O)NCC(CC)c2ccccc2)cc1OCC. The van der Waals surface area contributed by atoms with Crippen LogP contribution >= 0.6 is 0 Å². The van der Waals surface area contributed by atoms with Gasteiger partial charge < -0.3 is 20.1 Å². The number of likely N-dealkylation sites (N-methyl/N-ethyl adjacent to an activating group) is 1. The molecule has 7 nitrogen and oxygen atoms in total. The lowest BCUT2D eigenvalue weighted by Crippen LogP contribution is -2.40. The summed E-state index contributed by atoms with van der Waals surface area (Å²) in [5.41, 5.74) is 1.83. The van der Waals surface area contributed by atoms with Crippen LogP contribution in [-0.2, 0) is 9.59 Å². The summed E-state index contributed by atoms with van der Waals surface area (Å²) in [5.74, 6) is 1.19. The molecular weight excluding hydrogens is 406 g/mol. The van der Waals surface area contributed by atoms with Gasteiger partial charge in [-0.2, -0.15) is 0 Å². The summed E-state index contributed by atoms with van der Waals surface area (Å²) in [4.78, 5) is 26.5. The summed E-state index contributed by atoms with van der Waals surface area (Å²) in [7, 11) is 1.75. The molecule has 0 aliphatic heterocycles. The lowest BCUT2D eigenvalue weighted by molar-refractivity contribution is -0.123. The average Bonchev–Trinajstić information content (AvgIpc) is 2.77. The lowest BCUT2D eigenvalue weighted by atomic mass is 9.96. The van der Waals surface area contributed by atoms with Crippen molar-refractivity contribution in [3.05, 3.63) is 54.1 Å². The van der Waals surface area contributed by atoms with Crippen molar-refractivity contribution >= 4 is 17.5 Å². The normalized spacial score (nSPS) is 11.7. The van der Waals surface area contributed by atoms with Gasteiger partial charge in [-0.1, -0.05) is 37.3 Å². The number of ether oxygens (including phenoxy) is 2. The average molecular weight is 442 g/mol. The third-order valence-electron chi connectivity index (χ3n) is 4.96. The minimum absolute atomic E-state index is 0.0977. The van der Waals surface area contributed by atoms with Gasteiger partial charge in [-0.05, 0) is 45.0 Å². The molecule has 32 heavy (non-hydrogen) atoms. The number of hydrogen-bond donors (Lipinski definition) is 2. The molecule has 2 aromatic carbocycles. The summed E-state index contributed by atoms with van der Waals surface area (Å²) in [6, 6.07) is 15.4. The van der Waals surface area contributed by atoms with Gasteiger partial charge in [0.25, 0.3) is 0 Å². The molecule has 2 amide bonds. The van der Waals surface area contributed by atoms with E-state index in [1.165, 1.54) is 5.56 Å². The fourth-order valence-corrected chi connectivity index (χ4v) is 3.39. The van der Waals surface area contributed by atoms with Crippen LogP contribution in [0.25, 0.3) is 0 Å². The van der Waals surface area contributed by atoms with Crippen molar-refractivity contribution < 1.29 is 19.1 Å². The maximum atomic E-state index is 12.4. The van der Waals surface area contributed by atoms with E-state index in [-0.39, 0.29) is 30.8 Å². The smallest absolute Gasteiger partial charge is 0.238 e. The molecule has 1 unspecified atom stereocenters. The van der Waals surface area contributed by atoms with Gasteiger partial charge in [-0.3, -0.25) is 14.5 Å². The van der Waals surface area contributed by atoms with Gasteiger partial charge in [0.15, 0.2) is 11.5 Å². The Kier molecular flexibility index (Phi) is 10.5. The molecule has 2 aromatic rings. The zero-order valence-electron chi connectivity index (χ0n) is 19.5. The number of hydrogen-bond acceptors (Lipinski definition) is 5. The van der Waals surface area contributed by atoms with E-state index in [0.29, 0.717) is 36.9 Å². The third-order valence-corrected chi connectivity index (χ3v) is 4.96. The van der Waals surface area contributed by atoms with Crippen LogP contribution in [-0.4, -0.2) is 56.6 Å². The molecule has 0 saturated carbocycles. The second-order valence-electron chi connectivity index (χ2n) is 7.57. The highest BCUT2D eigenvalue weighted by Gasteiger charge is 2.14. The Labute approximate surface area is 191 Å². The van der Waals surface area contributed by atoms with Gasteiger partial charge in [0.2, 0.25) is 11.8 Å². The fraction of sp³-hybridized carbons (Fsp3) is 0.440. The van der Waals surface area contributed by atoms with Crippen LogP contribution in [0, 0.1) is 0 Å². The molecule has 1 atom stereocenters. The van der Waals surface area contributed by atoms with E-state index in [0.717, 1.165) is 6.42 Å². The third kappa shape index (κ3) is 8.23. The fourth-order valence-electron chi connectivity index (χ4n) is 3.39. The largest absolute Gasteiger partial charge is 0.490 e. The van der Waals surface area contributed by atoms with Crippen LogP contribution < -0.4 is 20.1 Å². The Balaban J connectivity index is 1.82. The molecule has 0 heterocycles. The van der Waals surface area contributed by atoms with E-state index in [9.17, 15) is 9.59 Å². The molecule has 2 rings (SSSR count). The Hall–Kier alpha value is -3.06.